The van der Waals surface area contributed by atoms with Crippen LogP contribution in [0.25, 0.3) is 55.0 Å². The van der Waals surface area contributed by atoms with Gasteiger partial charge in [0.1, 0.15) is 23.0 Å². The van der Waals surface area contributed by atoms with Crippen LogP contribution in [0.1, 0.15) is 105 Å². The van der Waals surface area contributed by atoms with Gasteiger partial charge in [0, 0.05) is 49.4 Å². The molecule has 7 heteroatoms. The van der Waals surface area contributed by atoms with Gasteiger partial charge < -0.3 is 18.6 Å². The topological polar surface area (TPSA) is 28.3 Å². The molecule has 0 saturated heterocycles. The van der Waals surface area contributed by atoms with Gasteiger partial charge >= 0.3 is 0 Å². The lowest BCUT2D eigenvalue weighted by molar-refractivity contribution is 0.465. The Hall–Kier alpha value is -8.25. The highest BCUT2D eigenvalue weighted by atomic mass is 28.3. The fraction of sp³-hybridized carbons (Fsp3) is 0.211. The molecule has 0 unspecified atom stereocenters. The molecule has 0 N–H and O–H groups in total. The Kier molecular flexibility index (Phi) is 10.3. The monoisotopic (exact) mass is 1090 g/mol. The number of hydrogen-bond donors (Lipinski definition) is 0. The Labute approximate surface area is 489 Å². The molecule has 83 heavy (non-hydrogen) atoms. The molecule has 10 aromatic carbocycles. The molecule has 0 bridgehead atoms. The minimum atomic E-state index is -3.46. The van der Waals surface area contributed by atoms with Gasteiger partial charge in [-0.05, 0) is 165 Å². The average molecular weight is 1090 g/mol. The maximum Gasteiger partial charge on any atom is 0.260 e. The minimum absolute atomic E-state index is 0.0391. The Morgan fingerprint density at radius 2 is 0.687 bits per heavy atom. The molecule has 0 saturated carbocycles. The fourth-order valence-electron chi connectivity index (χ4n) is 15.1. The zero-order valence-corrected chi connectivity index (χ0v) is 50.8. The maximum absolute atomic E-state index is 7.24. The molecule has 0 atom stereocenters. The van der Waals surface area contributed by atoms with Crippen LogP contribution in [0.4, 0.5) is 0 Å². The van der Waals surface area contributed by atoms with Crippen LogP contribution in [0.15, 0.2) is 194 Å². The van der Waals surface area contributed by atoms with Crippen LogP contribution < -0.4 is 63.0 Å². The summed E-state index contributed by atoms with van der Waals surface area (Å²) >= 11 is 0. The second-order valence-corrected chi connectivity index (χ2v) is 32.3. The van der Waals surface area contributed by atoms with Crippen molar-refractivity contribution >= 4 is 119 Å². The molecular formula is C76H68B2N2O2Si. The van der Waals surface area contributed by atoms with Gasteiger partial charge in [-0.3, -0.25) is 0 Å². The van der Waals surface area contributed by atoms with Crippen LogP contribution in [0, 0.1) is 0 Å². The largest absolute Gasteiger partial charge is 0.458 e. The SMILES string of the molecule is CC(C)(C)c1ccc2c(c1)c1cc(C(C)(C)C)cc3c1n2-c1cc([Si](c2ccccc2)(c2ccccc2)c2cc4c5c(c2)Oc2ccccc2B5c2ccccc2O4)cc2c1B3c1cc(C(C)(C)C)cc3c4cc(C(C)(C)C)ccc4n-2c13. The third kappa shape index (κ3) is 7.07. The standard InChI is InChI=1S/C76H68B2N2O2Si/c1-73(2,3)45-31-33-61-53(35-45)55-37-47(75(7,8)9)39-59-71(55)79(61)63-41-51(42-64-69(63)78(59)60-40-48(76(10,11)12)38-56-54-36-46(74(4,5)6)32-34-62(54)80(64)72(56)60)83(49-23-15-13-16-24-49,50-25-17-14-18-26-50)52-43-67-70-68(44-52)82-66-30-22-20-28-58(66)77(70)57-27-19-21-29-65(57)81-67/h13-44H,1-12H3. The molecule has 2 aromatic heterocycles. The number of para-hydroxylation sites is 2. The normalized spacial score (nSPS) is 14.2. The van der Waals surface area contributed by atoms with E-state index in [1.807, 2.05) is 0 Å². The lowest BCUT2D eigenvalue weighted by atomic mass is 9.34. The van der Waals surface area contributed by atoms with Crippen molar-refractivity contribution in [2.24, 2.45) is 0 Å². The number of hydrogen-bond acceptors (Lipinski definition) is 2. The van der Waals surface area contributed by atoms with Crippen molar-refractivity contribution < 1.29 is 9.47 Å². The highest BCUT2D eigenvalue weighted by Gasteiger charge is 2.49. The molecule has 0 aliphatic carbocycles. The van der Waals surface area contributed by atoms with E-state index in [9.17, 15) is 0 Å². The minimum Gasteiger partial charge on any atom is -0.458 e. The molecule has 4 aliphatic heterocycles. The smallest absolute Gasteiger partial charge is 0.260 e. The Balaban J connectivity index is 1.11. The molecule has 404 valence electrons. The molecule has 6 heterocycles. The first-order valence-corrected chi connectivity index (χ1v) is 32.0. The van der Waals surface area contributed by atoms with Crippen molar-refractivity contribution in [3.05, 3.63) is 216 Å². The van der Waals surface area contributed by atoms with Crippen LogP contribution in [0.5, 0.6) is 23.0 Å². The Bertz CT molecular complexity index is 4500. The lowest BCUT2D eigenvalue weighted by Gasteiger charge is -2.40. The predicted molar refractivity (Wildman–Crippen MR) is 356 cm³/mol. The first-order chi connectivity index (χ1) is 39.7. The highest BCUT2D eigenvalue weighted by molar-refractivity contribution is 7.20. The molecule has 12 aromatic rings. The number of nitrogens with zero attached hydrogens (tertiary/aromatic N) is 2. The highest BCUT2D eigenvalue weighted by Crippen LogP contribution is 2.44. The molecule has 0 amide bonds. The van der Waals surface area contributed by atoms with E-state index in [0.29, 0.717) is 0 Å². The van der Waals surface area contributed by atoms with Gasteiger partial charge in [0.05, 0.1) is 11.0 Å². The Morgan fingerprint density at radius 3 is 1.11 bits per heavy atom. The number of rotatable bonds is 4. The summed E-state index contributed by atoms with van der Waals surface area (Å²) in [4.78, 5) is 0. The summed E-state index contributed by atoms with van der Waals surface area (Å²) in [7, 11) is -3.46. The van der Waals surface area contributed by atoms with Crippen molar-refractivity contribution in [3.63, 3.8) is 0 Å². The van der Waals surface area contributed by atoms with Crippen molar-refractivity contribution in [1.82, 2.24) is 9.13 Å². The molecule has 0 fully saturated rings. The summed E-state index contributed by atoms with van der Waals surface area (Å²) in [6.07, 6.45) is 0. The van der Waals surface area contributed by atoms with Crippen LogP contribution in [-0.2, 0) is 21.7 Å². The zero-order chi connectivity index (χ0) is 57.0. The zero-order valence-electron chi connectivity index (χ0n) is 49.8. The van der Waals surface area contributed by atoms with Gasteiger partial charge in [0.2, 0.25) is 0 Å². The number of benzene rings is 10. The van der Waals surface area contributed by atoms with Gasteiger partial charge in [-0.2, -0.15) is 0 Å². The summed E-state index contributed by atoms with van der Waals surface area (Å²) in [5, 5.41) is 10.3. The van der Waals surface area contributed by atoms with Crippen LogP contribution in [0.3, 0.4) is 0 Å². The molecule has 16 rings (SSSR count). The lowest BCUT2D eigenvalue weighted by Crippen LogP contribution is -2.75. The van der Waals surface area contributed by atoms with E-state index < -0.39 is 8.07 Å². The third-order valence-corrected chi connectivity index (χ3v) is 24.1. The van der Waals surface area contributed by atoms with E-state index >= 15 is 0 Å². The molecule has 4 nitrogen and oxygen atoms in total. The molecular weight excluding hydrogens is 1020 g/mol. The van der Waals surface area contributed by atoms with Gasteiger partial charge in [-0.25, -0.2) is 0 Å². The number of ether oxygens (including phenoxy) is 2. The van der Waals surface area contributed by atoms with Crippen LogP contribution in [-0.4, -0.2) is 30.6 Å². The third-order valence-electron chi connectivity index (χ3n) is 19.3. The first-order valence-electron chi connectivity index (χ1n) is 30.0. The van der Waals surface area contributed by atoms with E-state index in [0.717, 1.165) is 39.4 Å². The molecule has 0 radical (unpaired) electrons. The second-order valence-electron chi connectivity index (χ2n) is 28.5. The fourth-order valence-corrected chi connectivity index (χ4v) is 19.9. The van der Waals surface area contributed by atoms with E-state index in [1.54, 1.807) is 0 Å². The first kappa shape index (κ1) is 50.5. The second kappa shape index (κ2) is 16.9. The van der Waals surface area contributed by atoms with E-state index in [2.05, 4.69) is 286 Å². The Morgan fingerprint density at radius 1 is 0.313 bits per heavy atom. The van der Waals surface area contributed by atoms with Gasteiger partial charge in [0.15, 0.2) is 8.07 Å². The van der Waals surface area contributed by atoms with Gasteiger partial charge in [0.25, 0.3) is 13.4 Å². The van der Waals surface area contributed by atoms with E-state index in [4.69, 9.17) is 9.47 Å². The maximum atomic E-state index is 7.24. The average Bonchev–Trinajstić information content (AvgIpc) is 1.66. The summed E-state index contributed by atoms with van der Waals surface area (Å²) < 4.78 is 19.9. The summed E-state index contributed by atoms with van der Waals surface area (Å²) in [6, 6.07) is 75.3. The molecule has 0 spiro atoms. The van der Waals surface area contributed by atoms with Crippen LogP contribution in [0.2, 0.25) is 0 Å². The van der Waals surface area contributed by atoms with Gasteiger partial charge in [-0.15, -0.1) is 0 Å². The molecule has 4 aliphatic rings. The van der Waals surface area contributed by atoms with Crippen molar-refractivity contribution in [2.45, 2.75) is 105 Å². The number of aromatic nitrogens is 2. The summed E-state index contributed by atoms with van der Waals surface area (Å²) in [5.41, 5.74) is 20.2. The quantitative estimate of drug-likeness (QED) is 0.130. The van der Waals surface area contributed by atoms with Crippen molar-refractivity contribution in [1.29, 1.82) is 0 Å². The van der Waals surface area contributed by atoms with Crippen molar-refractivity contribution in [3.8, 4) is 34.4 Å². The van der Waals surface area contributed by atoms with E-state index in [-0.39, 0.29) is 35.1 Å². The summed E-state index contributed by atoms with van der Waals surface area (Å²) in [5.74, 6) is 3.48. The number of fused-ring (bicyclic) bond motifs is 14. The van der Waals surface area contributed by atoms with Crippen LogP contribution >= 0.6 is 0 Å². The van der Waals surface area contributed by atoms with Crippen molar-refractivity contribution in [2.75, 3.05) is 0 Å². The van der Waals surface area contributed by atoms with E-state index in [1.165, 1.54) is 114 Å². The van der Waals surface area contributed by atoms with Gasteiger partial charge in [-0.1, -0.05) is 204 Å². The predicted octanol–water partition coefficient (Wildman–Crippen LogP) is 12.3. The summed E-state index contributed by atoms with van der Waals surface area (Å²) in [6.45, 7) is 28.3.